The van der Waals surface area contributed by atoms with Crippen LogP contribution in [0.2, 0.25) is 5.02 Å². The average Bonchev–Trinajstić information content (AvgIpc) is 2.87. The van der Waals surface area contributed by atoms with Crippen LogP contribution in [0.25, 0.3) is 0 Å². The highest BCUT2D eigenvalue weighted by Gasteiger charge is 2.63. The van der Waals surface area contributed by atoms with E-state index < -0.39 is 24.2 Å². The van der Waals surface area contributed by atoms with Crippen molar-refractivity contribution in [3.63, 3.8) is 0 Å². The summed E-state index contributed by atoms with van der Waals surface area (Å²) in [4.78, 5) is 12.6. The number of aryl methyl sites for hydroxylation is 1. The topological polar surface area (TPSA) is 52.9 Å². The summed E-state index contributed by atoms with van der Waals surface area (Å²) < 4.78 is 40.3. The Hall–Kier alpha value is -1.60. The Bertz CT molecular complexity index is 691. The van der Waals surface area contributed by atoms with Gasteiger partial charge in [-0.2, -0.15) is 23.3 Å². The molecule has 8 heteroatoms. The third kappa shape index (κ3) is 3.98. The Morgan fingerprint density at radius 1 is 1.40 bits per heavy atom. The summed E-state index contributed by atoms with van der Waals surface area (Å²) in [6.07, 6.45) is -3.02. The van der Waals surface area contributed by atoms with Crippen LogP contribution in [0.3, 0.4) is 0 Å². The lowest BCUT2D eigenvalue weighted by Crippen LogP contribution is -2.56. The van der Waals surface area contributed by atoms with Crippen LogP contribution in [0.15, 0.2) is 23.3 Å². The van der Waals surface area contributed by atoms with Gasteiger partial charge in [0.2, 0.25) is 0 Å². The summed E-state index contributed by atoms with van der Waals surface area (Å²) in [5.41, 5.74) is -2.61. The van der Waals surface area contributed by atoms with E-state index in [0.717, 1.165) is 12.8 Å². The van der Waals surface area contributed by atoms with Crippen molar-refractivity contribution in [3.05, 3.63) is 34.3 Å². The number of aliphatic hydroxyl groups is 1. The molecule has 138 valence electrons. The second-order valence-corrected chi connectivity index (χ2v) is 6.60. The summed E-state index contributed by atoms with van der Waals surface area (Å²) in [6.45, 7) is 3.61. The summed E-state index contributed by atoms with van der Waals surface area (Å²) in [5.74, 6) is -1.01. The highest BCUT2D eigenvalue weighted by Crippen LogP contribution is 2.41. The zero-order chi connectivity index (χ0) is 18.8. The SMILES string of the molecule is CCCCCC1=NN(C(=O)c2ccc(Cl)c(C)c2)[C@](O)(C(F)(F)F)C1. The standard InChI is InChI=1S/C17H20ClF3N2O2/c1-3-4-5-6-13-10-16(25,17(19,20)21)23(22-13)15(24)12-7-8-14(18)11(2)9-12/h7-9,25H,3-6,10H2,1-2H3/t16-/m1/s1. The average molecular weight is 377 g/mol. The maximum Gasteiger partial charge on any atom is 0.438 e. The van der Waals surface area contributed by atoms with Gasteiger partial charge < -0.3 is 5.11 Å². The van der Waals surface area contributed by atoms with E-state index in [0.29, 0.717) is 23.4 Å². The third-order valence-corrected chi connectivity index (χ3v) is 4.59. The Kier molecular flexibility index (Phi) is 5.79. The van der Waals surface area contributed by atoms with Gasteiger partial charge in [0, 0.05) is 22.7 Å². The van der Waals surface area contributed by atoms with Crippen LogP contribution in [0.1, 0.15) is 54.9 Å². The number of hydrazone groups is 1. The Morgan fingerprint density at radius 3 is 2.64 bits per heavy atom. The Balaban J connectivity index is 2.34. The number of alkyl halides is 3. The van der Waals surface area contributed by atoms with Crippen molar-refractivity contribution in [2.24, 2.45) is 5.10 Å². The van der Waals surface area contributed by atoms with Crippen LogP contribution in [0, 0.1) is 6.92 Å². The molecule has 0 saturated heterocycles. The van der Waals surface area contributed by atoms with Gasteiger partial charge in [-0.15, -0.1) is 0 Å². The fraction of sp³-hybridized carbons (Fsp3) is 0.529. The monoisotopic (exact) mass is 376 g/mol. The van der Waals surface area contributed by atoms with Gasteiger partial charge in [-0.1, -0.05) is 31.4 Å². The molecule has 1 aliphatic heterocycles. The molecule has 1 heterocycles. The molecule has 0 aliphatic carbocycles. The Morgan fingerprint density at radius 2 is 2.08 bits per heavy atom. The lowest BCUT2D eigenvalue weighted by Gasteiger charge is -2.32. The molecule has 1 amide bonds. The van der Waals surface area contributed by atoms with E-state index in [2.05, 4.69) is 5.10 Å². The van der Waals surface area contributed by atoms with E-state index >= 15 is 0 Å². The number of halogens is 4. The number of hydrogen-bond acceptors (Lipinski definition) is 3. The van der Waals surface area contributed by atoms with Gasteiger partial charge in [0.05, 0.1) is 0 Å². The maximum atomic E-state index is 13.4. The zero-order valence-electron chi connectivity index (χ0n) is 14.0. The zero-order valence-corrected chi connectivity index (χ0v) is 14.8. The number of unbranched alkanes of at least 4 members (excludes halogenated alkanes) is 2. The highest BCUT2D eigenvalue weighted by molar-refractivity contribution is 6.31. The molecule has 0 aromatic heterocycles. The second-order valence-electron chi connectivity index (χ2n) is 6.20. The van der Waals surface area contributed by atoms with Crippen molar-refractivity contribution in [2.75, 3.05) is 0 Å². The van der Waals surface area contributed by atoms with Crippen LogP contribution in [0.4, 0.5) is 13.2 Å². The molecular weight excluding hydrogens is 357 g/mol. The number of rotatable bonds is 5. The van der Waals surface area contributed by atoms with Gasteiger partial charge in [-0.05, 0) is 43.5 Å². The van der Waals surface area contributed by atoms with Gasteiger partial charge >= 0.3 is 6.18 Å². The maximum absolute atomic E-state index is 13.4. The molecule has 1 atom stereocenters. The minimum absolute atomic E-state index is 0.0110. The Labute approximate surface area is 149 Å². The molecule has 0 fully saturated rings. The van der Waals surface area contributed by atoms with E-state index in [1.54, 1.807) is 6.92 Å². The van der Waals surface area contributed by atoms with E-state index in [9.17, 15) is 23.1 Å². The van der Waals surface area contributed by atoms with Gasteiger partial charge in [0.25, 0.3) is 11.6 Å². The van der Waals surface area contributed by atoms with Crippen molar-refractivity contribution < 1.29 is 23.1 Å². The minimum atomic E-state index is -5.01. The molecule has 1 N–H and O–H groups in total. The van der Waals surface area contributed by atoms with E-state index in [1.807, 2.05) is 6.92 Å². The van der Waals surface area contributed by atoms with Gasteiger partial charge in [-0.3, -0.25) is 4.79 Å². The van der Waals surface area contributed by atoms with Crippen LogP contribution in [-0.4, -0.2) is 33.6 Å². The first-order valence-corrected chi connectivity index (χ1v) is 8.44. The molecule has 4 nitrogen and oxygen atoms in total. The smallest absolute Gasteiger partial charge is 0.362 e. The molecule has 0 spiro atoms. The fourth-order valence-electron chi connectivity index (χ4n) is 2.67. The van der Waals surface area contributed by atoms with Crippen LogP contribution < -0.4 is 0 Å². The first-order valence-electron chi connectivity index (χ1n) is 8.06. The molecule has 2 rings (SSSR count). The fourth-order valence-corrected chi connectivity index (χ4v) is 2.79. The molecule has 1 aliphatic rings. The summed E-state index contributed by atoms with van der Waals surface area (Å²) in [7, 11) is 0. The summed E-state index contributed by atoms with van der Waals surface area (Å²) in [6, 6.07) is 4.13. The van der Waals surface area contributed by atoms with E-state index in [4.69, 9.17) is 11.6 Å². The number of carbonyl (C=O) groups excluding carboxylic acids is 1. The largest absolute Gasteiger partial charge is 0.438 e. The number of hydrogen-bond donors (Lipinski definition) is 1. The number of benzene rings is 1. The summed E-state index contributed by atoms with van der Waals surface area (Å²) in [5, 5.41) is 14.6. The predicted octanol–water partition coefficient (Wildman–Crippen LogP) is 4.68. The van der Waals surface area contributed by atoms with Crippen molar-refractivity contribution in [1.29, 1.82) is 0 Å². The van der Waals surface area contributed by atoms with Gasteiger partial charge in [0.15, 0.2) is 0 Å². The number of amides is 1. The molecule has 25 heavy (non-hydrogen) atoms. The van der Waals surface area contributed by atoms with Crippen LogP contribution in [0.5, 0.6) is 0 Å². The molecular formula is C17H20ClF3N2O2. The predicted molar refractivity (Wildman–Crippen MR) is 89.6 cm³/mol. The molecule has 0 radical (unpaired) electrons. The van der Waals surface area contributed by atoms with E-state index in [-0.39, 0.29) is 16.3 Å². The lowest BCUT2D eigenvalue weighted by molar-refractivity contribution is -0.297. The van der Waals surface area contributed by atoms with Gasteiger partial charge in [-0.25, -0.2) is 0 Å². The molecule has 0 saturated carbocycles. The first-order chi connectivity index (χ1) is 11.6. The molecule has 0 unspecified atom stereocenters. The number of nitrogens with zero attached hydrogens (tertiary/aromatic N) is 2. The van der Waals surface area contributed by atoms with Gasteiger partial charge in [0.1, 0.15) is 0 Å². The quantitative estimate of drug-likeness (QED) is 0.758. The van der Waals surface area contributed by atoms with Crippen molar-refractivity contribution in [1.82, 2.24) is 5.01 Å². The number of carbonyl (C=O) groups is 1. The van der Waals surface area contributed by atoms with Crippen LogP contribution >= 0.6 is 11.6 Å². The highest BCUT2D eigenvalue weighted by atomic mass is 35.5. The van der Waals surface area contributed by atoms with E-state index in [1.165, 1.54) is 18.2 Å². The summed E-state index contributed by atoms with van der Waals surface area (Å²) >= 11 is 5.89. The van der Waals surface area contributed by atoms with Crippen molar-refractivity contribution in [2.45, 2.75) is 57.9 Å². The second kappa shape index (κ2) is 7.33. The molecule has 0 bridgehead atoms. The normalized spacial score (nSPS) is 20.8. The van der Waals surface area contributed by atoms with Crippen molar-refractivity contribution >= 4 is 23.2 Å². The lowest BCUT2D eigenvalue weighted by atomic mass is 10.0. The third-order valence-electron chi connectivity index (χ3n) is 4.16. The van der Waals surface area contributed by atoms with Crippen LogP contribution in [-0.2, 0) is 0 Å². The molecule has 1 aromatic carbocycles. The molecule has 1 aromatic rings. The minimum Gasteiger partial charge on any atom is -0.362 e. The van der Waals surface area contributed by atoms with Crippen molar-refractivity contribution in [3.8, 4) is 0 Å². The first kappa shape index (κ1) is 19.7.